The summed E-state index contributed by atoms with van der Waals surface area (Å²) in [5, 5.41) is 0. The molecule has 0 bridgehead atoms. The molecule has 1 unspecified atom stereocenters. The van der Waals surface area contributed by atoms with Crippen molar-refractivity contribution in [2.45, 2.75) is 252 Å². The molecule has 0 N–H and O–H groups in total. The van der Waals surface area contributed by atoms with E-state index in [0.717, 1.165) is 96.3 Å². The zero-order valence-electron chi connectivity index (χ0n) is 42.9. The number of carbonyl (C=O) groups is 3. The molecule has 0 aliphatic carbocycles. The summed E-state index contributed by atoms with van der Waals surface area (Å²) < 4.78 is 16.8. The molecule has 0 saturated heterocycles. The van der Waals surface area contributed by atoms with Gasteiger partial charge in [0.1, 0.15) is 13.2 Å². The molecule has 6 heteroatoms. The lowest BCUT2D eigenvalue weighted by Crippen LogP contribution is -2.30. The normalized spacial score (nSPS) is 12.8. The maximum Gasteiger partial charge on any atom is 0.306 e. The summed E-state index contributed by atoms with van der Waals surface area (Å²) in [6.07, 6.45) is 71.0. The molecule has 0 aliphatic rings. The smallest absolute Gasteiger partial charge is 0.306 e. The van der Waals surface area contributed by atoms with Gasteiger partial charge >= 0.3 is 17.9 Å². The number of allylic oxidation sites excluding steroid dienone is 16. The van der Waals surface area contributed by atoms with Crippen LogP contribution in [0, 0.1) is 0 Å². The number of carbonyl (C=O) groups excluding carboxylic acids is 3. The van der Waals surface area contributed by atoms with Crippen molar-refractivity contribution in [2.24, 2.45) is 0 Å². The van der Waals surface area contributed by atoms with Crippen molar-refractivity contribution in [2.75, 3.05) is 13.2 Å². The average molecular weight is 917 g/mol. The van der Waals surface area contributed by atoms with Gasteiger partial charge in [0.25, 0.3) is 0 Å². The van der Waals surface area contributed by atoms with Crippen LogP contribution in [0.25, 0.3) is 0 Å². The molecule has 0 rings (SSSR count). The third-order valence-electron chi connectivity index (χ3n) is 11.4. The summed E-state index contributed by atoms with van der Waals surface area (Å²) in [5.41, 5.74) is 0. The maximum absolute atomic E-state index is 12.8. The molecule has 0 aromatic rings. The van der Waals surface area contributed by atoms with Gasteiger partial charge in [-0.25, -0.2) is 0 Å². The lowest BCUT2D eigenvalue weighted by atomic mass is 10.1. The fraction of sp³-hybridized carbons (Fsp3) is 0.683. The average Bonchev–Trinajstić information content (AvgIpc) is 3.31. The standard InChI is InChI=1S/C60H100O6/c1-4-7-10-13-16-19-22-25-27-29-31-32-35-38-41-44-47-50-53-59(62)65-56-57(55-64-58(61)52-49-46-43-40-37-34-24-21-18-15-12-9-6-3)66-60(63)54-51-48-45-42-39-36-33-30-28-26-23-20-17-14-11-8-5-2/h9,12,15,18,21-22,24-29,31-32,34,37,57H,4-8,10-11,13-14,16-17,19-20,23,30,33,35-36,38-56H2,1-3H3/b12-9-,18-15-,24-21-,25-22-,28-26-,29-27-,32-31-,37-34-. The minimum atomic E-state index is -0.805. The third-order valence-corrected chi connectivity index (χ3v) is 11.4. The van der Waals surface area contributed by atoms with Crippen LogP contribution in [-0.2, 0) is 28.6 Å². The van der Waals surface area contributed by atoms with Gasteiger partial charge in [-0.05, 0) is 89.9 Å². The molecule has 66 heavy (non-hydrogen) atoms. The first-order valence-electron chi connectivity index (χ1n) is 27.3. The highest BCUT2D eigenvalue weighted by molar-refractivity contribution is 5.71. The zero-order chi connectivity index (χ0) is 47.9. The Morgan fingerprint density at radius 2 is 0.606 bits per heavy atom. The quantitative estimate of drug-likeness (QED) is 0.0199. The van der Waals surface area contributed by atoms with E-state index in [4.69, 9.17) is 14.2 Å². The highest BCUT2D eigenvalue weighted by Gasteiger charge is 2.19. The molecular formula is C60H100O6. The molecule has 0 heterocycles. The summed E-state index contributed by atoms with van der Waals surface area (Å²) >= 11 is 0. The van der Waals surface area contributed by atoms with Gasteiger partial charge in [-0.15, -0.1) is 0 Å². The van der Waals surface area contributed by atoms with Gasteiger partial charge in [-0.1, -0.05) is 234 Å². The van der Waals surface area contributed by atoms with Crippen LogP contribution in [0.15, 0.2) is 97.2 Å². The highest BCUT2D eigenvalue weighted by Crippen LogP contribution is 2.14. The number of hydrogen-bond acceptors (Lipinski definition) is 6. The highest BCUT2D eigenvalue weighted by atomic mass is 16.6. The number of ether oxygens (including phenoxy) is 3. The molecule has 0 aliphatic heterocycles. The Bertz CT molecular complexity index is 1330. The fourth-order valence-electron chi connectivity index (χ4n) is 7.33. The second-order valence-electron chi connectivity index (χ2n) is 17.9. The summed E-state index contributed by atoms with van der Waals surface area (Å²) in [6.45, 7) is 6.42. The van der Waals surface area contributed by atoms with Crippen LogP contribution < -0.4 is 0 Å². The van der Waals surface area contributed by atoms with Crippen LogP contribution in [0.2, 0.25) is 0 Å². The minimum Gasteiger partial charge on any atom is -0.462 e. The molecule has 1 atom stereocenters. The first kappa shape index (κ1) is 62.3. The molecule has 0 aromatic heterocycles. The van der Waals surface area contributed by atoms with Crippen LogP contribution in [0.5, 0.6) is 0 Å². The van der Waals surface area contributed by atoms with Gasteiger partial charge in [0.2, 0.25) is 0 Å². The number of esters is 3. The zero-order valence-corrected chi connectivity index (χ0v) is 42.9. The summed E-state index contributed by atoms with van der Waals surface area (Å²) in [4.78, 5) is 38.1. The van der Waals surface area contributed by atoms with E-state index < -0.39 is 6.10 Å². The van der Waals surface area contributed by atoms with Gasteiger partial charge in [-0.2, -0.15) is 0 Å². The summed E-state index contributed by atoms with van der Waals surface area (Å²) in [7, 11) is 0. The van der Waals surface area contributed by atoms with E-state index >= 15 is 0 Å². The van der Waals surface area contributed by atoms with E-state index in [1.54, 1.807) is 0 Å². The van der Waals surface area contributed by atoms with E-state index in [9.17, 15) is 14.4 Å². The minimum absolute atomic E-state index is 0.103. The summed E-state index contributed by atoms with van der Waals surface area (Å²) in [5.74, 6) is -0.966. The Balaban J connectivity index is 4.48. The number of hydrogen-bond donors (Lipinski definition) is 0. The van der Waals surface area contributed by atoms with E-state index in [-0.39, 0.29) is 31.1 Å². The Hall–Kier alpha value is -3.67. The molecule has 0 saturated carbocycles. The van der Waals surface area contributed by atoms with Crippen molar-refractivity contribution in [1.29, 1.82) is 0 Å². The predicted molar refractivity (Wildman–Crippen MR) is 284 cm³/mol. The van der Waals surface area contributed by atoms with Gasteiger partial charge in [-0.3, -0.25) is 14.4 Å². The summed E-state index contributed by atoms with van der Waals surface area (Å²) in [6, 6.07) is 0. The number of unbranched alkanes of at least 4 members (excludes halogenated alkanes) is 26. The molecule has 0 fully saturated rings. The van der Waals surface area contributed by atoms with Crippen molar-refractivity contribution in [3.05, 3.63) is 97.2 Å². The second-order valence-corrected chi connectivity index (χ2v) is 17.9. The van der Waals surface area contributed by atoms with Gasteiger partial charge in [0, 0.05) is 19.3 Å². The van der Waals surface area contributed by atoms with Crippen LogP contribution in [0.3, 0.4) is 0 Å². The van der Waals surface area contributed by atoms with Crippen molar-refractivity contribution >= 4 is 17.9 Å². The van der Waals surface area contributed by atoms with Crippen LogP contribution in [0.1, 0.15) is 245 Å². The van der Waals surface area contributed by atoms with Crippen molar-refractivity contribution in [1.82, 2.24) is 0 Å². The van der Waals surface area contributed by atoms with E-state index in [1.165, 1.54) is 109 Å². The lowest BCUT2D eigenvalue weighted by molar-refractivity contribution is -0.167. The Labute approximate surface area is 407 Å². The molecule has 0 spiro atoms. The van der Waals surface area contributed by atoms with Crippen LogP contribution >= 0.6 is 0 Å². The largest absolute Gasteiger partial charge is 0.462 e. The Morgan fingerprint density at radius 3 is 0.985 bits per heavy atom. The van der Waals surface area contributed by atoms with Crippen molar-refractivity contribution in [3.63, 3.8) is 0 Å². The first-order chi connectivity index (χ1) is 32.5. The molecule has 6 nitrogen and oxygen atoms in total. The topological polar surface area (TPSA) is 78.9 Å². The fourth-order valence-corrected chi connectivity index (χ4v) is 7.33. The Kier molecular flexibility index (Phi) is 50.9. The van der Waals surface area contributed by atoms with E-state index in [1.807, 2.05) is 36.5 Å². The molecule has 0 radical (unpaired) electrons. The first-order valence-corrected chi connectivity index (χ1v) is 27.3. The van der Waals surface area contributed by atoms with Crippen molar-refractivity contribution < 1.29 is 28.6 Å². The molecule has 0 amide bonds. The van der Waals surface area contributed by atoms with Crippen molar-refractivity contribution in [3.8, 4) is 0 Å². The maximum atomic E-state index is 12.8. The molecular weight excluding hydrogens is 817 g/mol. The number of rotatable bonds is 48. The third kappa shape index (κ3) is 51.3. The molecule has 376 valence electrons. The van der Waals surface area contributed by atoms with Gasteiger partial charge in [0.15, 0.2) is 6.10 Å². The van der Waals surface area contributed by atoms with E-state index in [2.05, 4.69) is 81.5 Å². The Morgan fingerprint density at radius 1 is 0.318 bits per heavy atom. The lowest BCUT2D eigenvalue weighted by Gasteiger charge is -2.18. The predicted octanol–water partition coefficient (Wildman–Crippen LogP) is 18.1. The van der Waals surface area contributed by atoms with E-state index in [0.29, 0.717) is 19.3 Å². The second kappa shape index (κ2) is 53.9. The van der Waals surface area contributed by atoms with Crippen LogP contribution in [0.4, 0.5) is 0 Å². The monoisotopic (exact) mass is 917 g/mol. The van der Waals surface area contributed by atoms with Crippen LogP contribution in [-0.4, -0.2) is 37.2 Å². The SMILES string of the molecule is CC\C=C/C=C\C=C/C=C\CCCCCC(=O)OCC(COC(=O)CCCCCCC\C=C/C=C\C=C/CCCCCCC)OC(=O)CCCCCCCCC/C=C\CCCCCCCC. The van der Waals surface area contributed by atoms with Gasteiger partial charge < -0.3 is 14.2 Å². The molecule has 0 aromatic carbocycles. The van der Waals surface area contributed by atoms with Gasteiger partial charge in [0.05, 0.1) is 0 Å².